The van der Waals surface area contributed by atoms with Crippen molar-refractivity contribution >= 4 is 5.69 Å². The lowest BCUT2D eigenvalue weighted by Crippen LogP contribution is -2.22. The molecule has 1 aromatic carbocycles. The summed E-state index contributed by atoms with van der Waals surface area (Å²) in [6.45, 7) is 11.9. The van der Waals surface area contributed by atoms with E-state index in [2.05, 4.69) is 62.2 Å². The summed E-state index contributed by atoms with van der Waals surface area (Å²) >= 11 is 0. The van der Waals surface area contributed by atoms with Crippen LogP contribution >= 0.6 is 0 Å². The third-order valence-corrected chi connectivity index (χ3v) is 3.03. The fourth-order valence-electron chi connectivity index (χ4n) is 1.99. The summed E-state index contributed by atoms with van der Waals surface area (Å²) in [5.41, 5.74) is 2.68. The van der Waals surface area contributed by atoms with E-state index in [1.165, 1.54) is 11.3 Å². The van der Waals surface area contributed by atoms with Crippen molar-refractivity contribution in [1.82, 2.24) is 5.32 Å². The Balaban J connectivity index is 2.74. The zero-order chi connectivity index (χ0) is 12.0. The van der Waals surface area contributed by atoms with Crippen LogP contribution in [0, 0.1) is 0 Å². The highest BCUT2D eigenvalue weighted by molar-refractivity contribution is 5.47. The van der Waals surface area contributed by atoms with Crippen molar-refractivity contribution in [2.24, 2.45) is 0 Å². The first-order valence-electron chi connectivity index (χ1n) is 6.31. The van der Waals surface area contributed by atoms with Crippen molar-refractivity contribution in [3.63, 3.8) is 0 Å². The normalized spacial score (nSPS) is 12.5. The Labute approximate surface area is 99.7 Å². The molecule has 2 nitrogen and oxygen atoms in total. The molecule has 2 heteroatoms. The van der Waals surface area contributed by atoms with Crippen LogP contribution in [0.15, 0.2) is 24.3 Å². The fourth-order valence-corrected chi connectivity index (χ4v) is 1.99. The van der Waals surface area contributed by atoms with Gasteiger partial charge in [0.25, 0.3) is 0 Å². The lowest BCUT2D eigenvalue weighted by atomic mass is 10.1. The van der Waals surface area contributed by atoms with E-state index in [1.807, 2.05) is 0 Å². The van der Waals surface area contributed by atoms with Gasteiger partial charge in [-0.05, 0) is 45.0 Å². The van der Waals surface area contributed by atoms with Crippen LogP contribution in [0.2, 0.25) is 0 Å². The average molecular weight is 220 g/mol. The van der Waals surface area contributed by atoms with Gasteiger partial charge in [-0.3, -0.25) is 0 Å². The Bertz CT molecular complexity index is 288. The largest absolute Gasteiger partial charge is 0.372 e. The Morgan fingerprint density at radius 2 is 1.62 bits per heavy atom. The highest BCUT2D eigenvalue weighted by atomic mass is 15.1. The minimum absolute atomic E-state index is 0.441. The Morgan fingerprint density at radius 1 is 1.06 bits per heavy atom. The van der Waals surface area contributed by atoms with Gasteiger partial charge in [0.2, 0.25) is 0 Å². The number of hydrogen-bond donors (Lipinski definition) is 1. The van der Waals surface area contributed by atoms with Gasteiger partial charge >= 0.3 is 0 Å². The minimum atomic E-state index is 0.441. The Hall–Kier alpha value is -1.02. The molecule has 1 aromatic rings. The first kappa shape index (κ1) is 13.0. The first-order valence-corrected chi connectivity index (χ1v) is 6.31. The minimum Gasteiger partial charge on any atom is -0.372 e. The SMILES string of the molecule is CCNC(C)c1ccc(N(CC)CC)cc1. The van der Waals surface area contributed by atoms with Gasteiger partial charge in [-0.25, -0.2) is 0 Å². The second kappa shape index (κ2) is 6.54. The molecule has 90 valence electrons. The smallest absolute Gasteiger partial charge is 0.0366 e. The molecule has 1 atom stereocenters. The number of hydrogen-bond acceptors (Lipinski definition) is 2. The van der Waals surface area contributed by atoms with E-state index in [0.29, 0.717) is 6.04 Å². The van der Waals surface area contributed by atoms with Crippen molar-refractivity contribution in [3.8, 4) is 0 Å². The molecule has 1 N–H and O–H groups in total. The molecular formula is C14H24N2. The van der Waals surface area contributed by atoms with E-state index >= 15 is 0 Å². The molecule has 0 amide bonds. The van der Waals surface area contributed by atoms with E-state index in [4.69, 9.17) is 0 Å². The summed E-state index contributed by atoms with van der Waals surface area (Å²) in [4.78, 5) is 2.36. The van der Waals surface area contributed by atoms with E-state index < -0.39 is 0 Å². The van der Waals surface area contributed by atoms with Crippen LogP contribution in [0.5, 0.6) is 0 Å². The topological polar surface area (TPSA) is 15.3 Å². The molecular weight excluding hydrogens is 196 g/mol. The van der Waals surface area contributed by atoms with Gasteiger partial charge in [0, 0.05) is 24.8 Å². The van der Waals surface area contributed by atoms with Crippen LogP contribution in [0.1, 0.15) is 39.3 Å². The summed E-state index contributed by atoms with van der Waals surface area (Å²) in [5, 5.41) is 3.42. The average Bonchev–Trinajstić information content (AvgIpc) is 2.32. The van der Waals surface area contributed by atoms with E-state index in [9.17, 15) is 0 Å². The molecule has 0 fully saturated rings. The molecule has 0 radical (unpaired) electrons. The van der Waals surface area contributed by atoms with Gasteiger partial charge in [0.1, 0.15) is 0 Å². The van der Waals surface area contributed by atoms with E-state index in [-0.39, 0.29) is 0 Å². The Kier molecular flexibility index (Phi) is 5.33. The van der Waals surface area contributed by atoms with Gasteiger partial charge < -0.3 is 10.2 Å². The molecule has 0 heterocycles. The third kappa shape index (κ3) is 3.24. The maximum absolute atomic E-state index is 3.42. The molecule has 0 aliphatic heterocycles. The van der Waals surface area contributed by atoms with Crippen molar-refractivity contribution in [2.45, 2.75) is 33.7 Å². The summed E-state index contributed by atoms with van der Waals surface area (Å²) in [6, 6.07) is 9.32. The number of anilines is 1. The van der Waals surface area contributed by atoms with Crippen molar-refractivity contribution in [1.29, 1.82) is 0 Å². The fraction of sp³-hybridized carbons (Fsp3) is 0.571. The van der Waals surface area contributed by atoms with E-state index in [1.54, 1.807) is 0 Å². The second-order valence-electron chi connectivity index (χ2n) is 4.04. The quantitative estimate of drug-likeness (QED) is 0.792. The number of nitrogens with zero attached hydrogens (tertiary/aromatic N) is 1. The van der Waals surface area contributed by atoms with Crippen LogP contribution in [0.3, 0.4) is 0 Å². The number of benzene rings is 1. The molecule has 0 saturated carbocycles. The monoisotopic (exact) mass is 220 g/mol. The standard InChI is InChI=1S/C14H24N2/c1-5-15-12(4)13-8-10-14(11-9-13)16(6-2)7-3/h8-12,15H,5-7H2,1-4H3. The van der Waals surface area contributed by atoms with Crippen LogP contribution in [0.25, 0.3) is 0 Å². The summed E-state index contributed by atoms with van der Waals surface area (Å²) < 4.78 is 0. The zero-order valence-corrected chi connectivity index (χ0v) is 11.0. The van der Waals surface area contributed by atoms with Gasteiger partial charge in [-0.2, -0.15) is 0 Å². The maximum Gasteiger partial charge on any atom is 0.0366 e. The van der Waals surface area contributed by atoms with Crippen LogP contribution in [-0.2, 0) is 0 Å². The molecule has 0 bridgehead atoms. The van der Waals surface area contributed by atoms with Crippen molar-refractivity contribution in [2.75, 3.05) is 24.5 Å². The van der Waals surface area contributed by atoms with Crippen molar-refractivity contribution in [3.05, 3.63) is 29.8 Å². The lowest BCUT2D eigenvalue weighted by Gasteiger charge is -2.22. The second-order valence-corrected chi connectivity index (χ2v) is 4.04. The van der Waals surface area contributed by atoms with Gasteiger partial charge in [-0.1, -0.05) is 19.1 Å². The molecule has 1 rings (SSSR count). The Morgan fingerprint density at radius 3 is 2.06 bits per heavy atom. The van der Waals surface area contributed by atoms with Crippen LogP contribution < -0.4 is 10.2 Å². The summed E-state index contributed by atoms with van der Waals surface area (Å²) in [5.74, 6) is 0. The van der Waals surface area contributed by atoms with Gasteiger partial charge in [-0.15, -0.1) is 0 Å². The third-order valence-electron chi connectivity index (χ3n) is 3.03. The van der Waals surface area contributed by atoms with Crippen molar-refractivity contribution < 1.29 is 0 Å². The molecule has 16 heavy (non-hydrogen) atoms. The highest BCUT2D eigenvalue weighted by Crippen LogP contribution is 2.18. The molecule has 0 aromatic heterocycles. The number of rotatable bonds is 6. The molecule has 0 aliphatic rings. The highest BCUT2D eigenvalue weighted by Gasteiger charge is 2.05. The van der Waals surface area contributed by atoms with E-state index in [0.717, 1.165) is 19.6 Å². The predicted molar refractivity (Wildman–Crippen MR) is 72.1 cm³/mol. The van der Waals surface area contributed by atoms with Gasteiger partial charge in [0.05, 0.1) is 0 Å². The maximum atomic E-state index is 3.42. The van der Waals surface area contributed by atoms with Gasteiger partial charge in [0.15, 0.2) is 0 Å². The summed E-state index contributed by atoms with van der Waals surface area (Å²) in [6.07, 6.45) is 0. The van der Waals surface area contributed by atoms with Crippen LogP contribution in [0.4, 0.5) is 5.69 Å². The summed E-state index contributed by atoms with van der Waals surface area (Å²) in [7, 11) is 0. The molecule has 0 saturated heterocycles. The zero-order valence-electron chi connectivity index (χ0n) is 11.0. The molecule has 0 aliphatic carbocycles. The molecule has 1 unspecified atom stereocenters. The van der Waals surface area contributed by atoms with Crippen LogP contribution in [-0.4, -0.2) is 19.6 Å². The predicted octanol–water partition coefficient (Wildman–Crippen LogP) is 3.20. The first-order chi connectivity index (χ1) is 7.72. The lowest BCUT2D eigenvalue weighted by molar-refractivity contribution is 0.598. The number of nitrogens with one attached hydrogen (secondary N) is 1. The molecule has 0 spiro atoms.